The van der Waals surface area contributed by atoms with Gasteiger partial charge in [0.1, 0.15) is 23.8 Å². The van der Waals surface area contributed by atoms with E-state index in [1.807, 2.05) is 42.5 Å². The molecule has 0 amide bonds. The molecule has 22 heavy (non-hydrogen) atoms. The Morgan fingerprint density at radius 2 is 1.59 bits per heavy atom. The second-order valence-corrected chi connectivity index (χ2v) is 5.60. The first kappa shape index (κ1) is 13.8. The zero-order valence-electron chi connectivity index (χ0n) is 11.3. The molecule has 1 aliphatic rings. The van der Waals surface area contributed by atoms with Crippen LogP contribution in [0.1, 0.15) is 5.56 Å². The van der Waals surface area contributed by atoms with Crippen LogP contribution >= 0.6 is 11.8 Å². The van der Waals surface area contributed by atoms with Gasteiger partial charge in [-0.25, -0.2) is 0 Å². The molecular weight excluding hydrogens is 292 g/mol. The zero-order valence-corrected chi connectivity index (χ0v) is 12.1. The van der Waals surface area contributed by atoms with E-state index in [0.717, 1.165) is 21.2 Å². The summed E-state index contributed by atoms with van der Waals surface area (Å²) in [5.74, 6) is 0. The highest BCUT2D eigenvalue weighted by Gasteiger charge is 2.17. The number of nitriles is 3. The van der Waals surface area contributed by atoms with Gasteiger partial charge in [0.2, 0.25) is 0 Å². The number of fused-ring (bicyclic) bond motifs is 2. The van der Waals surface area contributed by atoms with Gasteiger partial charge in [-0.15, -0.1) is 0 Å². The van der Waals surface area contributed by atoms with E-state index in [1.54, 1.807) is 30.0 Å². The fourth-order valence-electron chi connectivity index (χ4n) is 2.19. The summed E-state index contributed by atoms with van der Waals surface area (Å²) in [6.07, 6.45) is 0. The average molecular weight is 300 g/mol. The molecular formula is C17H8N4S. The Bertz CT molecular complexity index is 907. The molecule has 0 aromatic heterocycles. The molecule has 2 aromatic rings. The lowest BCUT2D eigenvalue weighted by Crippen LogP contribution is -2.00. The van der Waals surface area contributed by atoms with Gasteiger partial charge in [0.15, 0.2) is 0 Å². The van der Waals surface area contributed by atoms with Crippen LogP contribution in [-0.2, 0) is 0 Å². The summed E-state index contributed by atoms with van der Waals surface area (Å²) in [5, 5.41) is 30.5. The van der Waals surface area contributed by atoms with Crippen LogP contribution in [0, 0.1) is 34.0 Å². The summed E-state index contributed by atoms with van der Waals surface area (Å²) in [6, 6.07) is 18.9. The molecule has 0 aliphatic carbocycles. The maximum Gasteiger partial charge on any atom is 0.148 e. The number of nitrogens with one attached hydrogen (secondary N) is 1. The van der Waals surface area contributed by atoms with Gasteiger partial charge in [-0.05, 0) is 29.8 Å². The smallest absolute Gasteiger partial charge is 0.148 e. The van der Waals surface area contributed by atoms with Crippen molar-refractivity contribution in [2.75, 3.05) is 5.32 Å². The van der Waals surface area contributed by atoms with Gasteiger partial charge in [-0.2, -0.15) is 15.8 Å². The highest BCUT2D eigenvalue weighted by molar-refractivity contribution is 7.99. The van der Waals surface area contributed by atoms with Crippen molar-refractivity contribution in [2.45, 2.75) is 9.79 Å². The standard InChI is InChI=1S/C17H8N4S/c18-8-12(9-19)13(10-20)11-5-6-15-17(7-11)22-16-4-2-1-3-14(16)21-15/h1-7,21H. The fourth-order valence-corrected chi connectivity index (χ4v) is 3.22. The normalized spacial score (nSPS) is 10.8. The van der Waals surface area contributed by atoms with Crippen LogP contribution in [0.5, 0.6) is 0 Å². The van der Waals surface area contributed by atoms with E-state index in [9.17, 15) is 5.26 Å². The monoisotopic (exact) mass is 300 g/mol. The van der Waals surface area contributed by atoms with Crippen molar-refractivity contribution in [1.29, 1.82) is 15.8 Å². The van der Waals surface area contributed by atoms with Crippen LogP contribution in [0.15, 0.2) is 57.8 Å². The van der Waals surface area contributed by atoms with E-state index < -0.39 is 0 Å². The SMILES string of the molecule is N#CC(C#N)=C(C#N)c1ccc2c(c1)Sc1ccccc1N2. The first-order valence-electron chi connectivity index (χ1n) is 6.39. The number of benzene rings is 2. The van der Waals surface area contributed by atoms with Gasteiger partial charge in [0.25, 0.3) is 0 Å². The summed E-state index contributed by atoms with van der Waals surface area (Å²) >= 11 is 1.59. The number of anilines is 2. The van der Waals surface area contributed by atoms with Crippen LogP contribution in [0.4, 0.5) is 11.4 Å². The van der Waals surface area contributed by atoms with E-state index in [1.165, 1.54) is 0 Å². The minimum Gasteiger partial charge on any atom is -0.354 e. The van der Waals surface area contributed by atoms with Crippen LogP contribution in [0.25, 0.3) is 5.57 Å². The average Bonchev–Trinajstić information content (AvgIpc) is 2.57. The zero-order chi connectivity index (χ0) is 15.5. The Hall–Kier alpha value is -3.20. The van der Waals surface area contributed by atoms with Crippen molar-refractivity contribution in [2.24, 2.45) is 0 Å². The van der Waals surface area contributed by atoms with Gasteiger partial charge >= 0.3 is 0 Å². The van der Waals surface area contributed by atoms with Crippen molar-refractivity contribution in [1.82, 2.24) is 0 Å². The molecule has 0 fully saturated rings. The number of para-hydroxylation sites is 1. The quantitative estimate of drug-likeness (QED) is 0.680. The van der Waals surface area contributed by atoms with E-state index in [2.05, 4.69) is 5.32 Å². The van der Waals surface area contributed by atoms with E-state index in [4.69, 9.17) is 10.5 Å². The summed E-state index contributed by atoms with van der Waals surface area (Å²) in [7, 11) is 0. The molecule has 0 saturated heterocycles. The van der Waals surface area contributed by atoms with Gasteiger partial charge < -0.3 is 5.32 Å². The molecule has 2 aromatic carbocycles. The molecule has 0 unspecified atom stereocenters. The highest BCUT2D eigenvalue weighted by Crippen LogP contribution is 2.44. The minimum atomic E-state index is -0.170. The first-order valence-corrected chi connectivity index (χ1v) is 7.21. The molecule has 0 atom stereocenters. The molecule has 102 valence electrons. The van der Waals surface area contributed by atoms with Crippen LogP contribution in [-0.4, -0.2) is 0 Å². The lowest BCUT2D eigenvalue weighted by Gasteiger charge is -2.21. The molecule has 0 radical (unpaired) electrons. The topological polar surface area (TPSA) is 83.4 Å². The molecule has 0 spiro atoms. The lowest BCUT2D eigenvalue weighted by molar-refractivity contribution is 1.31. The Balaban J connectivity index is 2.08. The van der Waals surface area contributed by atoms with Gasteiger partial charge in [0, 0.05) is 9.79 Å². The molecule has 5 heteroatoms. The van der Waals surface area contributed by atoms with Gasteiger partial charge in [0.05, 0.1) is 16.9 Å². The van der Waals surface area contributed by atoms with E-state index in [0.29, 0.717) is 5.56 Å². The number of rotatable bonds is 1. The molecule has 1 aliphatic heterocycles. The second-order valence-electron chi connectivity index (χ2n) is 4.52. The molecule has 1 N–H and O–H groups in total. The Kier molecular flexibility index (Phi) is 3.54. The molecule has 0 saturated carbocycles. The number of hydrogen-bond donors (Lipinski definition) is 1. The van der Waals surface area contributed by atoms with Crippen LogP contribution in [0.3, 0.4) is 0 Å². The number of hydrogen-bond acceptors (Lipinski definition) is 5. The molecule has 0 bridgehead atoms. The lowest BCUT2D eigenvalue weighted by atomic mass is 10.0. The Morgan fingerprint density at radius 1 is 0.864 bits per heavy atom. The maximum absolute atomic E-state index is 9.24. The summed E-state index contributed by atoms with van der Waals surface area (Å²) in [6.45, 7) is 0. The number of nitrogens with zero attached hydrogens (tertiary/aromatic N) is 3. The first-order chi connectivity index (χ1) is 10.8. The third-order valence-electron chi connectivity index (χ3n) is 3.23. The second kappa shape index (κ2) is 5.66. The third-order valence-corrected chi connectivity index (χ3v) is 4.37. The Morgan fingerprint density at radius 3 is 2.32 bits per heavy atom. The van der Waals surface area contributed by atoms with Crippen molar-refractivity contribution < 1.29 is 0 Å². The Labute approximate surface area is 131 Å². The van der Waals surface area contributed by atoms with Crippen molar-refractivity contribution in [3.8, 4) is 18.2 Å². The van der Waals surface area contributed by atoms with E-state index in [-0.39, 0.29) is 11.1 Å². The maximum atomic E-state index is 9.24. The predicted octanol–water partition coefficient (Wildman–Crippen LogP) is 4.22. The van der Waals surface area contributed by atoms with Crippen molar-refractivity contribution in [3.63, 3.8) is 0 Å². The van der Waals surface area contributed by atoms with Gasteiger partial charge in [-0.1, -0.05) is 30.0 Å². The summed E-state index contributed by atoms with van der Waals surface area (Å²) in [4.78, 5) is 2.05. The summed E-state index contributed by atoms with van der Waals surface area (Å²) in [5.41, 5.74) is 2.50. The van der Waals surface area contributed by atoms with Crippen LogP contribution < -0.4 is 5.32 Å². The van der Waals surface area contributed by atoms with Crippen molar-refractivity contribution in [3.05, 3.63) is 53.6 Å². The fraction of sp³-hybridized carbons (Fsp3) is 0. The van der Waals surface area contributed by atoms with E-state index >= 15 is 0 Å². The van der Waals surface area contributed by atoms with Crippen LogP contribution in [0.2, 0.25) is 0 Å². The molecule has 4 nitrogen and oxygen atoms in total. The highest BCUT2D eigenvalue weighted by atomic mass is 32.2. The predicted molar refractivity (Wildman–Crippen MR) is 84.0 cm³/mol. The minimum absolute atomic E-state index is 0.104. The van der Waals surface area contributed by atoms with Crippen molar-refractivity contribution >= 4 is 28.7 Å². The molecule has 3 rings (SSSR count). The van der Waals surface area contributed by atoms with Gasteiger partial charge in [-0.3, -0.25) is 0 Å². The third kappa shape index (κ3) is 2.29. The molecule has 1 heterocycles. The summed E-state index contributed by atoms with van der Waals surface area (Å²) < 4.78 is 0. The number of allylic oxidation sites excluding steroid dienone is 2. The largest absolute Gasteiger partial charge is 0.354 e.